The van der Waals surface area contributed by atoms with Gasteiger partial charge in [0.2, 0.25) is 0 Å². The summed E-state index contributed by atoms with van der Waals surface area (Å²) in [6.07, 6.45) is 0. The maximum Gasteiger partial charge on any atom is 0.139 e. The average molecular weight is 313 g/mol. The Morgan fingerprint density at radius 2 is 2.00 bits per heavy atom. The molecule has 88 valence electrons. The Kier molecular flexibility index (Phi) is 3.40. The molecule has 0 aliphatic rings. The smallest absolute Gasteiger partial charge is 0.139 e. The topological polar surface area (TPSA) is 28.7 Å². The molecule has 5 heteroatoms. The number of rotatable bonds is 1. The zero-order chi connectivity index (χ0) is 12.6. The molecule has 1 heterocycles. The molecule has 0 spiro atoms. The largest absolute Gasteiger partial charge is 0.343 e. The van der Waals surface area contributed by atoms with Gasteiger partial charge < -0.3 is 4.98 Å². The van der Waals surface area contributed by atoms with E-state index in [0.29, 0.717) is 20.5 Å². The van der Waals surface area contributed by atoms with Gasteiger partial charge in [0.1, 0.15) is 16.3 Å². The van der Waals surface area contributed by atoms with Crippen molar-refractivity contribution in [2.24, 2.45) is 0 Å². The number of aromatic nitrogens is 2. The van der Waals surface area contributed by atoms with Crippen LogP contribution in [0.15, 0.2) is 22.7 Å². The number of hydrogen-bond donors (Lipinski definition) is 1. The summed E-state index contributed by atoms with van der Waals surface area (Å²) in [6.45, 7) is 3.83. The lowest BCUT2D eigenvalue weighted by molar-refractivity contribution is 0.627. The molecule has 2 aromatic rings. The highest BCUT2D eigenvalue weighted by Crippen LogP contribution is 2.22. The minimum Gasteiger partial charge on any atom is -0.343 e. The van der Waals surface area contributed by atoms with Gasteiger partial charge in [0.05, 0.1) is 0 Å². The van der Waals surface area contributed by atoms with Crippen LogP contribution in [0.4, 0.5) is 4.39 Å². The predicted molar refractivity (Wildman–Crippen MR) is 72.0 cm³/mol. The zero-order valence-electron chi connectivity index (χ0n) is 9.34. The van der Waals surface area contributed by atoms with Crippen LogP contribution in [0, 0.1) is 24.3 Å². The summed E-state index contributed by atoms with van der Waals surface area (Å²) in [6, 6.07) is 4.62. The summed E-state index contributed by atoms with van der Waals surface area (Å²) in [5.74, 6) is 0.270. The van der Waals surface area contributed by atoms with Gasteiger partial charge >= 0.3 is 0 Å². The average Bonchev–Trinajstić information content (AvgIpc) is 2.23. The number of benzene rings is 1. The Hall–Kier alpha value is -1.07. The number of halogens is 2. The first-order valence-electron chi connectivity index (χ1n) is 5.01. The first kappa shape index (κ1) is 12.4. The van der Waals surface area contributed by atoms with Gasteiger partial charge in [-0.3, -0.25) is 0 Å². The fourth-order valence-electron chi connectivity index (χ4n) is 1.47. The van der Waals surface area contributed by atoms with E-state index >= 15 is 0 Å². The highest BCUT2D eigenvalue weighted by Gasteiger charge is 2.06. The molecule has 0 aliphatic heterocycles. The molecular weight excluding hydrogens is 303 g/mol. The maximum absolute atomic E-state index is 13.3. The van der Waals surface area contributed by atoms with Crippen molar-refractivity contribution in [1.82, 2.24) is 9.97 Å². The Bertz CT molecular complexity index is 617. The monoisotopic (exact) mass is 312 g/mol. The van der Waals surface area contributed by atoms with E-state index in [9.17, 15) is 4.39 Å². The molecule has 0 fully saturated rings. The molecule has 2 rings (SSSR count). The van der Waals surface area contributed by atoms with Crippen molar-refractivity contribution < 1.29 is 4.39 Å². The van der Waals surface area contributed by atoms with Crippen LogP contribution in [0.1, 0.15) is 11.3 Å². The first-order chi connectivity index (χ1) is 7.97. The number of nitrogens with one attached hydrogen (secondary N) is 1. The van der Waals surface area contributed by atoms with Crippen LogP contribution in [0.5, 0.6) is 0 Å². The number of aryl methyl sites for hydroxylation is 1. The second-order valence-electron chi connectivity index (χ2n) is 3.80. The fourth-order valence-corrected chi connectivity index (χ4v) is 2.18. The van der Waals surface area contributed by atoms with Crippen LogP contribution in [-0.2, 0) is 0 Å². The summed E-state index contributed by atoms with van der Waals surface area (Å²) >= 11 is 8.41. The summed E-state index contributed by atoms with van der Waals surface area (Å²) in [7, 11) is 0. The van der Waals surface area contributed by atoms with E-state index in [-0.39, 0.29) is 5.82 Å². The maximum atomic E-state index is 13.3. The molecule has 1 aromatic carbocycles. The zero-order valence-corrected chi connectivity index (χ0v) is 11.7. The highest BCUT2D eigenvalue weighted by molar-refractivity contribution is 9.10. The molecule has 0 saturated carbocycles. The summed E-state index contributed by atoms with van der Waals surface area (Å²) in [4.78, 5) is 7.38. The molecule has 2 nitrogen and oxygen atoms in total. The quantitative estimate of drug-likeness (QED) is 0.794. The number of hydrogen-bond acceptors (Lipinski definition) is 2. The van der Waals surface area contributed by atoms with Crippen LogP contribution in [0.3, 0.4) is 0 Å². The van der Waals surface area contributed by atoms with Crippen molar-refractivity contribution in [3.8, 4) is 11.4 Å². The Morgan fingerprint density at radius 3 is 2.59 bits per heavy atom. The molecule has 17 heavy (non-hydrogen) atoms. The van der Waals surface area contributed by atoms with Gasteiger partial charge in [-0.15, -0.1) is 0 Å². The lowest BCUT2D eigenvalue weighted by Gasteiger charge is -2.06. The van der Waals surface area contributed by atoms with Gasteiger partial charge in [0, 0.05) is 21.3 Å². The Morgan fingerprint density at radius 1 is 1.29 bits per heavy atom. The standard InChI is InChI=1S/C12H10BrFN2S/c1-6-7(2)15-11(16-12(6)17)8-3-9(13)5-10(14)4-8/h3-5H,1-2H3,(H,15,16,17). The third-order valence-electron chi connectivity index (χ3n) is 2.54. The molecule has 1 N–H and O–H groups in total. The minimum atomic E-state index is -0.311. The molecule has 0 amide bonds. The predicted octanol–water partition coefficient (Wildman–Crippen LogP) is 4.32. The molecule has 0 aliphatic carbocycles. The highest BCUT2D eigenvalue weighted by atomic mass is 79.9. The van der Waals surface area contributed by atoms with Crippen molar-refractivity contribution in [3.05, 3.63) is 44.4 Å². The normalized spacial score (nSPS) is 10.6. The van der Waals surface area contributed by atoms with Crippen LogP contribution in [0.2, 0.25) is 0 Å². The second kappa shape index (κ2) is 4.66. The number of aromatic amines is 1. The molecule has 0 bridgehead atoms. The Balaban J connectivity index is 2.65. The van der Waals surface area contributed by atoms with Crippen molar-refractivity contribution in [3.63, 3.8) is 0 Å². The Labute approximate surface area is 112 Å². The van der Waals surface area contributed by atoms with Gasteiger partial charge in [-0.1, -0.05) is 28.1 Å². The molecule has 0 atom stereocenters. The van der Waals surface area contributed by atoms with E-state index in [2.05, 4.69) is 25.9 Å². The van der Waals surface area contributed by atoms with Crippen LogP contribution in [0.25, 0.3) is 11.4 Å². The first-order valence-corrected chi connectivity index (χ1v) is 6.21. The van der Waals surface area contributed by atoms with E-state index in [1.54, 1.807) is 6.07 Å². The lowest BCUT2D eigenvalue weighted by atomic mass is 10.2. The van der Waals surface area contributed by atoms with Crippen molar-refractivity contribution in [1.29, 1.82) is 0 Å². The van der Waals surface area contributed by atoms with E-state index in [1.807, 2.05) is 13.8 Å². The number of H-pyrrole nitrogens is 1. The summed E-state index contributed by atoms with van der Waals surface area (Å²) in [5, 5.41) is 0. The van der Waals surface area contributed by atoms with Crippen LogP contribution < -0.4 is 0 Å². The van der Waals surface area contributed by atoms with Gasteiger partial charge in [0.15, 0.2) is 0 Å². The van der Waals surface area contributed by atoms with Crippen LogP contribution >= 0.6 is 28.1 Å². The van der Waals surface area contributed by atoms with E-state index in [4.69, 9.17) is 12.2 Å². The molecule has 0 radical (unpaired) electrons. The van der Waals surface area contributed by atoms with E-state index < -0.39 is 0 Å². The third kappa shape index (κ3) is 2.61. The summed E-state index contributed by atoms with van der Waals surface area (Å²) in [5.41, 5.74) is 2.56. The molecule has 0 unspecified atom stereocenters. The van der Waals surface area contributed by atoms with Gasteiger partial charge in [-0.05, 0) is 32.0 Å². The third-order valence-corrected chi connectivity index (χ3v) is 3.39. The van der Waals surface area contributed by atoms with Gasteiger partial charge in [-0.25, -0.2) is 9.37 Å². The summed E-state index contributed by atoms with van der Waals surface area (Å²) < 4.78 is 14.5. The molecular formula is C12H10BrFN2S. The van der Waals surface area contributed by atoms with Crippen molar-refractivity contribution in [2.75, 3.05) is 0 Å². The van der Waals surface area contributed by atoms with E-state index in [1.165, 1.54) is 12.1 Å². The second-order valence-corrected chi connectivity index (χ2v) is 5.10. The lowest BCUT2D eigenvalue weighted by Crippen LogP contribution is -1.96. The fraction of sp³-hybridized carbons (Fsp3) is 0.167. The van der Waals surface area contributed by atoms with Gasteiger partial charge in [-0.2, -0.15) is 0 Å². The molecule has 0 saturated heterocycles. The number of nitrogens with zero attached hydrogens (tertiary/aromatic N) is 1. The van der Waals surface area contributed by atoms with E-state index in [0.717, 1.165) is 11.3 Å². The van der Waals surface area contributed by atoms with Crippen LogP contribution in [-0.4, -0.2) is 9.97 Å². The SMILES string of the molecule is Cc1[nH]c(-c2cc(F)cc(Br)c2)nc(=S)c1C. The minimum absolute atomic E-state index is 0.311. The van der Waals surface area contributed by atoms with Gasteiger partial charge in [0.25, 0.3) is 0 Å². The van der Waals surface area contributed by atoms with Crippen molar-refractivity contribution in [2.45, 2.75) is 13.8 Å². The van der Waals surface area contributed by atoms with Crippen molar-refractivity contribution >= 4 is 28.1 Å². The molecule has 1 aromatic heterocycles.